The van der Waals surface area contributed by atoms with E-state index in [-0.39, 0.29) is 5.60 Å². The van der Waals surface area contributed by atoms with E-state index in [2.05, 4.69) is 6.92 Å². The molecule has 112 valence electrons. The molecule has 0 heterocycles. The summed E-state index contributed by atoms with van der Waals surface area (Å²) in [4.78, 5) is 1.43. The van der Waals surface area contributed by atoms with Crippen LogP contribution in [0.2, 0.25) is 0 Å². The summed E-state index contributed by atoms with van der Waals surface area (Å²) in [6.07, 6.45) is 0. The lowest BCUT2D eigenvalue weighted by Crippen LogP contribution is -2.23. The molecule has 0 saturated carbocycles. The molecule has 0 bridgehead atoms. The lowest BCUT2D eigenvalue weighted by molar-refractivity contribution is -0.0163. The van der Waals surface area contributed by atoms with Gasteiger partial charge in [-0.15, -0.1) is 11.8 Å². The molecule has 20 heavy (non-hydrogen) atoms. The minimum atomic E-state index is -0.157. The van der Waals surface area contributed by atoms with Gasteiger partial charge in [-0.25, -0.2) is 0 Å². The molecule has 5 heteroatoms. The van der Waals surface area contributed by atoms with Gasteiger partial charge in [0.1, 0.15) is 17.3 Å². The number of hydrogen-bond acceptors (Lipinski definition) is 4. The first-order valence-corrected chi connectivity index (χ1v) is 8.07. The van der Waals surface area contributed by atoms with Crippen molar-refractivity contribution in [2.75, 3.05) is 19.0 Å². The van der Waals surface area contributed by atoms with E-state index in [4.69, 9.17) is 27.4 Å². The van der Waals surface area contributed by atoms with Gasteiger partial charge < -0.3 is 15.2 Å². The predicted octanol–water partition coefficient (Wildman–Crippen LogP) is 3.63. The van der Waals surface area contributed by atoms with Crippen LogP contribution in [0.4, 0.5) is 0 Å². The van der Waals surface area contributed by atoms with E-state index in [1.54, 1.807) is 11.8 Å². The van der Waals surface area contributed by atoms with Crippen molar-refractivity contribution in [1.82, 2.24) is 0 Å². The fourth-order valence-electron chi connectivity index (χ4n) is 1.65. The Morgan fingerprint density at radius 2 is 2.00 bits per heavy atom. The van der Waals surface area contributed by atoms with Crippen LogP contribution in [0.25, 0.3) is 0 Å². The van der Waals surface area contributed by atoms with Crippen molar-refractivity contribution in [2.45, 2.75) is 38.2 Å². The van der Waals surface area contributed by atoms with Crippen LogP contribution in [-0.4, -0.2) is 29.6 Å². The molecule has 1 aromatic rings. The quantitative estimate of drug-likeness (QED) is 0.473. The Labute approximate surface area is 131 Å². The molecule has 0 aliphatic carbocycles. The van der Waals surface area contributed by atoms with Crippen molar-refractivity contribution in [3.63, 3.8) is 0 Å². The molecule has 1 aromatic carbocycles. The molecule has 0 aromatic heterocycles. The molecule has 0 fully saturated rings. The summed E-state index contributed by atoms with van der Waals surface area (Å²) in [6.45, 7) is 9.17. The molecule has 0 unspecified atom stereocenters. The summed E-state index contributed by atoms with van der Waals surface area (Å²) in [5.74, 6) is 1.69. The molecule has 0 radical (unpaired) electrons. The van der Waals surface area contributed by atoms with Gasteiger partial charge in [-0.1, -0.05) is 25.2 Å². The molecular weight excluding hydrogens is 290 g/mol. The van der Waals surface area contributed by atoms with Gasteiger partial charge in [0.15, 0.2) is 0 Å². The fraction of sp³-hybridized carbons (Fsp3) is 0.533. The van der Waals surface area contributed by atoms with Gasteiger partial charge in [0, 0.05) is 4.90 Å². The Morgan fingerprint density at radius 1 is 1.30 bits per heavy atom. The van der Waals surface area contributed by atoms with Crippen molar-refractivity contribution in [3.8, 4) is 5.75 Å². The zero-order valence-corrected chi connectivity index (χ0v) is 14.2. The highest BCUT2D eigenvalue weighted by Gasteiger charge is 2.13. The third-order valence-electron chi connectivity index (χ3n) is 2.41. The predicted molar refractivity (Wildman–Crippen MR) is 89.9 cm³/mol. The van der Waals surface area contributed by atoms with E-state index in [9.17, 15) is 0 Å². The highest BCUT2D eigenvalue weighted by molar-refractivity contribution is 7.99. The van der Waals surface area contributed by atoms with E-state index >= 15 is 0 Å². The summed E-state index contributed by atoms with van der Waals surface area (Å²) in [5, 5.41) is 0. The number of ether oxygens (including phenoxy) is 2. The van der Waals surface area contributed by atoms with E-state index in [1.807, 2.05) is 39.0 Å². The van der Waals surface area contributed by atoms with Crippen molar-refractivity contribution in [3.05, 3.63) is 23.8 Å². The summed E-state index contributed by atoms with van der Waals surface area (Å²) >= 11 is 6.85. The summed E-state index contributed by atoms with van der Waals surface area (Å²) < 4.78 is 11.4. The maximum Gasteiger partial charge on any atom is 0.130 e. The van der Waals surface area contributed by atoms with Crippen LogP contribution in [0.3, 0.4) is 0 Å². The average molecular weight is 313 g/mol. The van der Waals surface area contributed by atoms with Crippen LogP contribution in [-0.2, 0) is 4.74 Å². The summed E-state index contributed by atoms with van der Waals surface area (Å²) in [7, 11) is 0. The number of nitrogens with two attached hydrogens (primary N) is 1. The fourth-order valence-corrected chi connectivity index (χ4v) is 2.77. The van der Waals surface area contributed by atoms with Crippen LogP contribution >= 0.6 is 24.0 Å². The molecule has 1 rings (SSSR count). The third kappa shape index (κ3) is 5.69. The van der Waals surface area contributed by atoms with Gasteiger partial charge in [-0.2, -0.15) is 0 Å². The van der Waals surface area contributed by atoms with Crippen LogP contribution in [0.5, 0.6) is 5.75 Å². The van der Waals surface area contributed by atoms with Crippen LogP contribution in [0.15, 0.2) is 23.1 Å². The van der Waals surface area contributed by atoms with E-state index in [0.29, 0.717) is 18.2 Å². The Morgan fingerprint density at radius 3 is 2.55 bits per heavy atom. The second-order valence-electron chi connectivity index (χ2n) is 5.24. The van der Waals surface area contributed by atoms with Crippen LogP contribution < -0.4 is 10.5 Å². The van der Waals surface area contributed by atoms with Crippen molar-refractivity contribution < 1.29 is 9.47 Å². The molecule has 0 aliphatic rings. The Balaban J connectivity index is 2.74. The Hall–Kier alpha value is -0.780. The third-order valence-corrected chi connectivity index (χ3v) is 3.55. The van der Waals surface area contributed by atoms with Gasteiger partial charge in [-0.3, -0.25) is 0 Å². The highest BCUT2D eigenvalue weighted by Crippen LogP contribution is 2.30. The second-order valence-corrected chi connectivity index (χ2v) is 6.98. The molecule has 0 aliphatic heterocycles. The minimum Gasteiger partial charge on any atom is -0.490 e. The molecule has 0 amide bonds. The number of rotatable bonds is 7. The molecule has 0 saturated heterocycles. The Bertz CT molecular complexity index is 456. The normalized spacial score (nSPS) is 11.4. The highest BCUT2D eigenvalue weighted by atomic mass is 32.2. The van der Waals surface area contributed by atoms with E-state index in [1.165, 1.54) is 0 Å². The van der Waals surface area contributed by atoms with Crippen LogP contribution in [0, 0.1) is 0 Å². The topological polar surface area (TPSA) is 44.5 Å². The van der Waals surface area contributed by atoms with Gasteiger partial charge in [-0.05, 0) is 38.7 Å². The molecule has 0 atom stereocenters. The van der Waals surface area contributed by atoms with Crippen LogP contribution in [0.1, 0.15) is 33.3 Å². The average Bonchev–Trinajstić information content (AvgIpc) is 2.33. The van der Waals surface area contributed by atoms with E-state index < -0.39 is 0 Å². The first kappa shape index (κ1) is 17.3. The van der Waals surface area contributed by atoms with Crippen molar-refractivity contribution >= 4 is 29.0 Å². The molecule has 2 N–H and O–H groups in total. The smallest absolute Gasteiger partial charge is 0.130 e. The molecular formula is C15H23NO2S2. The maximum absolute atomic E-state index is 5.83. The minimum absolute atomic E-state index is 0.157. The molecule has 0 spiro atoms. The number of thiocarbonyl (C=S) groups is 1. The van der Waals surface area contributed by atoms with Gasteiger partial charge in [0.25, 0.3) is 0 Å². The lowest BCUT2D eigenvalue weighted by Gasteiger charge is -2.20. The van der Waals surface area contributed by atoms with Gasteiger partial charge in [0.2, 0.25) is 0 Å². The monoisotopic (exact) mass is 313 g/mol. The lowest BCUT2D eigenvalue weighted by atomic mass is 10.2. The zero-order chi connectivity index (χ0) is 15.2. The van der Waals surface area contributed by atoms with Gasteiger partial charge >= 0.3 is 0 Å². The summed E-state index contributed by atoms with van der Waals surface area (Å²) in [6, 6.07) is 5.87. The van der Waals surface area contributed by atoms with E-state index in [0.717, 1.165) is 22.0 Å². The SMILES string of the molecule is CCSc1cccc(OCCOC(C)(C)C)c1C(N)=S. The second kappa shape index (κ2) is 7.86. The maximum atomic E-state index is 5.83. The van der Waals surface area contributed by atoms with Crippen molar-refractivity contribution in [2.24, 2.45) is 5.73 Å². The van der Waals surface area contributed by atoms with Gasteiger partial charge in [0.05, 0.1) is 17.8 Å². The first-order chi connectivity index (χ1) is 9.35. The zero-order valence-electron chi connectivity index (χ0n) is 12.6. The first-order valence-electron chi connectivity index (χ1n) is 6.67. The Kier molecular flexibility index (Phi) is 6.79. The summed E-state index contributed by atoms with van der Waals surface area (Å²) in [5.41, 5.74) is 6.49. The molecule has 3 nitrogen and oxygen atoms in total. The number of hydrogen-bond donors (Lipinski definition) is 1. The standard InChI is InChI=1S/C15H23NO2S2/c1-5-20-12-8-6-7-11(13(12)14(16)19)17-9-10-18-15(2,3)4/h6-8H,5,9-10H2,1-4H3,(H2,16,19). The number of thioether (sulfide) groups is 1. The van der Waals surface area contributed by atoms with Crippen molar-refractivity contribution in [1.29, 1.82) is 0 Å². The largest absolute Gasteiger partial charge is 0.490 e. The number of benzene rings is 1.